The van der Waals surface area contributed by atoms with Crippen molar-refractivity contribution in [3.63, 3.8) is 0 Å². The Morgan fingerprint density at radius 2 is 1.96 bits per heavy atom. The summed E-state index contributed by atoms with van der Waals surface area (Å²) < 4.78 is 7.68. The van der Waals surface area contributed by atoms with Gasteiger partial charge in [-0.25, -0.2) is 0 Å². The molecule has 0 spiro atoms. The van der Waals surface area contributed by atoms with Gasteiger partial charge >= 0.3 is 0 Å². The molecule has 0 aliphatic heterocycles. The van der Waals surface area contributed by atoms with Crippen molar-refractivity contribution in [2.75, 3.05) is 5.32 Å². The van der Waals surface area contributed by atoms with Crippen LogP contribution in [-0.2, 0) is 6.54 Å². The minimum Gasteiger partial charge on any atom is -0.439 e. The van der Waals surface area contributed by atoms with Gasteiger partial charge in [0.2, 0.25) is 5.88 Å². The Hall–Kier alpha value is -3.35. The van der Waals surface area contributed by atoms with Crippen molar-refractivity contribution < 1.29 is 4.74 Å². The first-order valence-electron chi connectivity index (χ1n) is 8.01. The van der Waals surface area contributed by atoms with Gasteiger partial charge in [0.05, 0.1) is 0 Å². The molecule has 0 aliphatic carbocycles. The Labute approximate surface area is 145 Å². The zero-order valence-corrected chi connectivity index (χ0v) is 13.8. The van der Waals surface area contributed by atoms with Gasteiger partial charge in [0.1, 0.15) is 19.4 Å². The zero-order chi connectivity index (χ0) is 17.1. The molecule has 0 radical (unpaired) electrons. The highest BCUT2D eigenvalue weighted by atomic mass is 16.5. The molecule has 7 heteroatoms. The summed E-state index contributed by atoms with van der Waals surface area (Å²) in [7, 11) is 1.98. The van der Waals surface area contributed by atoms with Gasteiger partial charge in [0.15, 0.2) is 5.65 Å². The largest absolute Gasteiger partial charge is 0.439 e. The first-order valence-corrected chi connectivity index (χ1v) is 8.01. The van der Waals surface area contributed by atoms with E-state index < -0.39 is 0 Å². The van der Waals surface area contributed by atoms with E-state index >= 15 is 0 Å². The van der Waals surface area contributed by atoms with Gasteiger partial charge in [-0.2, -0.15) is 14.6 Å². The molecule has 0 fully saturated rings. The second-order valence-electron chi connectivity index (χ2n) is 5.67. The van der Waals surface area contributed by atoms with Crippen molar-refractivity contribution in [3.05, 3.63) is 72.7 Å². The van der Waals surface area contributed by atoms with E-state index in [2.05, 4.69) is 20.4 Å². The minimum absolute atomic E-state index is 0.524. The first kappa shape index (κ1) is 15.2. The zero-order valence-electron chi connectivity index (χ0n) is 13.8. The lowest BCUT2D eigenvalue weighted by molar-refractivity contribution is 0.463. The number of anilines is 1. The summed E-state index contributed by atoms with van der Waals surface area (Å²) in [5.74, 6) is 2.08. The Morgan fingerprint density at radius 1 is 1.08 bits per heavy atom. The number of pyridine rings is 1. The summed E-state index contributed by atoms with van der Waals surface area (Å²) in [4.78, 5) is 8.71. The molecule has 6 nitrogen and oxygen atoms in total. The fourth-order valence-corrected chi connectivity index (χ4v) is 2.53. The maximum Gasteiger partial charge on any atom is 0.224 e. The molecule has 1 N–H and O–H groups in total. The molecule has 4 rings (SSSR count). The molecule has 0 saturated heterocycles. The van der Waals surface area contributed by atoms with Crippen molar-refractivity contribution in [1.29, 1.82) is 0 Å². The molecule has 0 atom stereocenters. The molecule has 1 aromatic carbocycles. The van der Waals surface area contributed by atoms with E-state index in [1.165, 1.54) is 0 Å². The highest BCUT2D eigenvalue weighted by Crippen LogP contribution is 2.23. The number of benzene rings is 1. The Balaban J connectivity index is 1.67. The lowest BCUT2D eigenvalue weighted by Gasteiger charge is -2.11. The predicted molar refractivity (Wildman–Crippen MR) is 99.2 cm³/mol. The summed E-state index contributed by atoms with van der Waals surface area (Å²) in [6.45, 7) is 0.636. The van der Waals surface area contributed by atoms with E-state index in [0.717, 1.165) is 28.2 Å². The van der Waals surface area contributed by atoms with Gasteiger partial charge in [0, 0.05) is 31.2 Å². The van der Waals surface area contributed by atoms with E-state index in [1.54, 1.807) is 16.9 Å². The average molecular weight is 329 g/mol. The van der Waals surface area contributed by atoms with Crippen LogP contribution in [0.3, 0.4) is 0 Å². The minimum atomic E-state index is 0.524. The van der Waals surface area contributed by atoms with Gasteiger partial charge in [-0.15, -0.1) is 0 Å². The number of nitrogens with zero attached hydrogens (tertiary/aromatic N) is 4. The third-order valence-electron chi connectivity index (χ3n) is 3.79. The number of nitrogens with one attached hydrogen (secondary N) is 1. The van der Waals surface area contributed by atoms with Crippen LogP contribution in [0, 0.1) is 0 Å². The van der Waals surface area contributed by atoms with E-state index in [0.29, 0.717) is 12.4 Å². The van der Waals surface area contributed by atoms with Crippen LogP contribution in [0.4, 0.5) is 5.82 Å². The summed E-state index contributed by atoms with van der Waals surface area (Å²) in [5.41, 5.74) is 2.84. The molecule has 25 heavy (non-hydrogen) atoms. The SMILES string of the molecule is Bc1cnn2c(NCc3cccnc3)cc(Oc3ccccc3)nc12. The molecule has 0 aliphatic rings. The number of hydrogen-bond donors (Lipinski definition) is 1. The number of fused-ring (bicyclic) bond motifs is 1. The predicted octanol–water partition coefficient (Wildman–Crippen LogP) is 1.79. The van der Waals surface area contributed by atoms with Crippen molar-refractivity contribution in [3.8, 4) is 11.6 Å². The van der Waals surface area contributed by atoms with Crippen LogP contribution >= 0.6 is 0 Å². The van der Waals surface area contributed by atoms with Crippen molar-refractivity contribution >= 4 is 24.8 Å². The second kappa shape index (κ2) is 6.64. The number of rotatable bonds is 5. The van der Waals surface area contributed by atoms with Gasteiger partial charge in [-0.1, -0.05) is 24.3 Å². The van der Waals surface area contributed by atoms with Gasteiger partial charge in [-0.05, 0) is 29.2 Å². The van der Waals surface area contributed by atoms with Crippen LogP contribution in [0.15, 0.2) is 67.1 Å². The van der Waals surface area contributed by atoms with Crippen LogP contribution in [0.5, 0.6) is 11.6 Å². The lowest BCUT2D eigenvalue weighted by Crippen LogP contribution is -2.09. The Bertz CT molecular complexity index is 988. The summed E-state index contributed by atoms with van der Waals surface area (Å²) in [6, 6.07) is 15.4. The maximum absolute atomic E-state index is 5.90. The monoisotopic (exact) mass is 329 g/mol. The number of aromatic nitrogens is 4. The first-order chi connectivity index (χ1) is 12.3. The van der Waals surface area contributed by atoms with Crippen molar-refractivity contribution in [2.24, 2.45) is 0 Å². The average Bonchev–Trinajstić information content (AvgIpc) is 3.03. The summed E-state index contributed by atoms with van der Waals surface area (Å²) in [6.07, 6.45) is 5.39. The van der Waals surface area contributed by atoms with E-state index in [1.807, 2.05) is 62.6 Å². The number of ether oxygens (including phenoxy) is 1. The molecule has 0 saturated carbocycles. The van der Waals surface area contributed by atoms with Crippen LogP contribution < -0.4 is 15.5 Å². The molecule has 3 aromatic heterocycles. The molecular weight excluding hydrogens is 313 g/mol. The fraction of sp³-hybridized carbons (Fsp3) is 0.0556. The number of para-hydroxylation sites is 1. The summed E-state index contributed by atoms with van der Waals surface area (Å²) >= 11 is 0. The molecule has 122 valence electrons. The third-order valence-corrected chi connectivity index (χ3v) is 3.79. The normalized spacial score (nSPS) is 10.7. The standard InChI is InChI=1S/C18H16BN5O/c19-15-12-22-24-16(21-11-13-5-4-8-20-10-13)9-17(23-18(15)24)25-14-6-2-1-3-7-14/h1-10,12,21H,11,19H2. The van der Waals surface area contributed by atoms with Crippen molar-refractivity contribution in [1.82, 2.24) is 19.6 Å². The Kier molecular flexibility index (Phi) is 4.04. The van der Waals surface area contributed by atoms with E-state index in [4.69, 9.17) is 4.74 Å². The van der Waals surface area contributed by atoms with E-state index in [-0.39, 0.29) is 0 Å². The number of hydrogen-bond acceptors (Lipinski definition) is 5. The van der Waals surface area contributed by atoms with Gasteiger partial charge < -0.3 is 10.1 Å². The summed E-state index contributed by atoms with van der Waals surface area (Å²) in [5, 5.41) is 7.78. The molecule has 0 bridgehead atoms. The Morgan fingerprint density at radius 3 is 2.76 bits per heavy atom. The van der Waals surface area contributed by atoms with E-state index in [9.17, 15) is 0 Å². The maximum atomic E-state index is 5.90. The quantitative estimate of drug-likeness (QED) is 0.566. The third kappa shape index (κ3) is 3.30. The van der Waals surface area contributed by atoms with Gasteiger partial charge in [0.25, 0.3) is 0 Å². The molecular formula is C18H16BN5O. The van der Waals surface area contributed by atoms with Crippen LogP contribution in [0.2, 0.25) is 0 Å². The highest BCUT2D eigenvalue weighted by Gasteiger charge is 2.10. The van der Waals surface area contributed by atoms with Gasteiger partial charge in [-0.3, -0.25) is 4.98 Å². The second-order valence-corrected chi connectivity index (χ2v) is 5.67. The lowest BCUT2D eigenvalue weighted by atomic mass is 10.0. The molecule has 0 unspecified atom stereocenters. The van der Waals surface area contributed by atoms with Crippen LogP contribution in [-0.4, -0.2) is 27.4 Å². The van der Waals surface area contributed by atoms with Crippen LogP contribution in [0.1, 0.15) is 5.56 Å². The highest BCUT2D eigenvalue weighted by molar-refractivity contribution is 6.36. The van der Waals surface area contributed by atoms with Crippen LogP contribution in [0.25, 0.3) is 5.65 Å². The molecule has 4 aromatic rings. The topological polar surface area (TPSA) is 64.3 Å². The smallest absolute Gasteiger partial charge is 0.224 e. The molecule has 3 heterocycles. The molecule has 0 amide bonds. The van der Waals surface area contributed by atoms with Crippen molar-refractivity contribution in [2.45, 2.75) is 6.54 Å². The fourth-order valence-electron chi connectivity index (χ4n) is 2.53.